The third kappa shape index (κ3) is 4.90. The lowest BCUT2D eigenvalue weighted by atomic mass is 9.93. The number of urea groups is 1. The molecule has 0 bridgehead atoms. The minimum atomic E-state index is -0.453. The number of amides is 3. The van der Waals surface area contributed by atoms with E-state index in [9.17, 15) is 14.0 Å². The van der Waals surface area contributed by atoms with Gasteiger partial charge in [0.2, 0.25) is 5.91 Å². The number of nitrogens with zero attached hydrogens (tertiary/aromatic N) is 4. The lowest BCUT2D eigenvalue weighted by molar-refractivity contribution is -0.122. The summed E-state index contributed by atoms with van der Waals surface area (Å²) < 4.78 is 25.1. The quantitative estimate of drug-likeness (QED) is 0.706. The first-order chi connectivity index (χ1) is 15.5. The number of aromatic nitrogens is 2. The number of ether oxygens (including phenoxy) is 2. The molecule has 1 aromatic heterocycles. The molecule has 1 aliphatic heterocycles. The van der Waals surface area contributed by atoms with Crippen molar-refractivity contribution in [1.29, 1.82) is 0 Å². The fourth-order valence-corrected chi connectivity index (χ4v) is 4.09. The number of rotatable bonds is 7. The van der Waals surface area contributed by atoms with Crippen molar-refractivity contribution in [3.8, 4) is 11.8 Å². The predicted molar refractivity (Wildman–Crippen MR) is 114 cm³/mol. The van der Waals surface area contributed by atoms with E-state index in [-0.39, 0.29) is 36.3 Å². The maximum Gasteiger partial charge on any atom is 0.325 e. The van der Waals surface area contributed by atoms with Gasteiger partial charge in [-0.1, -0.05) is 12.1 Å². The van der Waals surface area contributed by atoms with Crippen LogP contribution in [0, 0.1) is 5.82 Å². The van der Waals surface area contributed by atoms with Crippen molar-refractivity contribution in [1.82, 2.24) is 20.2 Å². The highest BCUT2D eigenvalue weighted by molar-refractivity contribution is 5.96. The average Bonchev–Trinajstić information content (AvgIpc) is 3.15. The molecule has 10 heteroatoms. The number of methoxy groups -OCH3 is 1. The molecule has 2 heterocycles. The van der Waals surface area contributed by atoms with Crippen LogP contribution in [0.25, 0.3) is 0 Å². The van der Waals surface area contributed by atoms with Gasteiger partial charge in [-0.25, -0.2) is 19.2 Å². The summed E-state index contributed by atoms with van der Waals surface area (Å²) in [5, 5.41) is 3.01. The smallest absolute Gasteiger partial charge is 0.325 e. The number of carbonyl (C=O) groups is 2. The van der Waals surface area contributed by atoms with Crippen molar-refractivity contribution in [3.05, 3.63) is 42.5 Å². The maximum absolute atomic E-state index is 14.0. The SMILES string of the molecule is COc1nccnc1OC1CCC(NC(=O)CN2CCN(c3ccccc3F)C2=O)CC1. The molecule has 0 radical (unpaired) electrons. The fraction of sp³-hybridized carbons (Fsp3) is 0.455. The largest absolute Gasteiger partial charge is 0.477 e. The number of halogens is 1. The Bertz CT molecular complexity index is 967. The second-order valence-electron chi connectivity index (χ2n) is 7.84. The summed E-state index contributed by atoms with van der Waals surface area (Å²) in [6, 6.07) is 5.80. The number of para-hydroxylation sites is 1. The van der Waals surface area contributed by atoms with E-state index in [1.165, 1.54) is 23.0 Å². The van der Waals surface area contributed by atoms with Crippen molar-refractivity contribution in [2.75, 3.05) is 31.6 Å². The van der Waals surface area contributed by atoms with Crippen molar-refractivity contribution in [2.45, 2.75) is 37.8 Å². The highest BCUT2D eigenvalue weighted by Crippen LogP contribution is 2.27. The minimum absolute atomic E-state index is 0.0199. The van der Waals surface area contributed by atoms with E-state index in [2.05, 4.69) is 15.3 Å². The Kier molecular flexibility index (Phi) is 6.67. The first kappa shape index (κ1) is 21.8. The molecule has 2 aromatic rings. The van der Waals surface area contributed by atoms with Gasteiger partial charge in [0.05, 0.1) is 12.8 Å². The van der Waals surface area contributed by atoms with Crippen molar-refractivity contribution in [2.24, 2.45) is 0 Å². The molecule has 1 saturated carbocycles. The molecule has 1 N–H and O–H groups in total. The molecule has 2 aliphatic rings. The molecule has 0 unspecified atom stereocenters. The zero-order valence-corrected chi connectivity index (χ0v) is 17.9. The Labute approximate surface area is 185 Å². The molecule has 4 rings (SSSR count). The fourth-order valence-electron chi connectivity index (χ4n) is 4.09. The molecular weight excluding hydrogens is 417 g/mol. The van der Waals surface area contributed by atoms with Gasteiger partial charge in [0.25, 0.3) is 11.8 Å². The summed E-state index contributed by atoms with van der Waals surface area (Å²) in [5.74, 6) is 0.0519. The van der Waals surface area contributed by atoms with Gasteiger partial charge >= 0.3 is 6.03 Å². The number of benzene rings is 1. The number of carbonyl (C=O) groups excluding carboxylic acids is 2. The van der Waals surface area contributed by atoms with Crippen LogP contribution in [0.5, 0.6) is 11.8 Å². The summed E-state index contributed by atoms with van der Waals surface area (Å²) in [6.45, 7) is 0.680. The number of hydrogen-bond acceptors (Lipinski definition) is 6. The van der Waals surface area contributed by atoms with Gasteiger partial charge < -0.3 is 19.7 Å². The van der Waals surface area contributed by atoms with E-state index in [0.717, 1.165) is 25.7 Å². The van der Waals surface area contributed by atoms with E-state index in [1.807, 2.05) is 0 Å². The number of anilines is 1. The first-order valence-electron chi connectivity index (χ1n) is 10.7. The third-order valence-electron chi connectivity index (χ3n) is 5.72. The molecule has 170 valence electrons. The lowest BCUT2D eigenvalue weighted by Crippen LogP contribution is -2.45. The summed E-state index contributed by atoms with van der Waals surface area (Å²) in [5.41, 5.74) is 0.235. The zero-order valence-electron chi connectivity index (χ0n) is 17.9. The molecule has 0 atom stereocenters. The predicted octanol–water partition coefficient (Wildman–Crippen LogP) is 2.37. The van der Waals surface area contributed by atoms with Crippen molar-refractivity contribution in [3.63, 3.8) is 0 Å². The highest BCUT2D eigenvalue weighted by atomic mass is 19.1. The van der Waals surface area contributed by atoms with Gasteiger partial charge in [0.15, 0.2) is 0 Å². The van der Waals surface area contributed by atoms with Gasteiger partial charge in [-0.05, 0) is 37.8 Å². The Hall–Kier alpha value is -3.43. The van der Waals surface area contributed by atoms with Crippen LogP contribution in [0.4, 0.5) is 14.9 Å². The number of hydrogen-bond donors (Lipinski definition) is 1. The molecule has 9 nitrogen and oxygen atoms in total. The standard InChI is InChI=1S/C22H26FN5O4/c1-31-20-21(25-11-10-24-20)32-16-8-6-15(7-9-16)26-19(29)14-27-12-13-28(22(27)30)18-5-3-2-4-17(18)23/h2-5,10-11,15-16H,6-9,12-14H2,1H3,(H,26,29). The summed E-state index contributed by atoms with van der Waals surface area (Å²) in [4.78, 5) is 36.2. The number of nitrogens with one attached hydrogen (secondary N) is 1. The Morgan fingerprint density at radius 2 is 1.84 bits per heavy atom. The Morgan fingerprint density at radius 3 is 2.56 bits per heavy atom. The second-order valence-corrected chi connectivity index (χ2v) is 7.84. The molecular formula is C22H26FN5O4. The van der Waals surface area contributed by atoms with Crippen LogP contribution in [0.15, 0.2) is 36.7 Å². The van der Waals surface area contributed by atoms with Gasteiger partial charge in [-0.15, -0.1) is 0 Å². The van der Waals surface area contributed by atoms with Gasteiger partial charge in [0.1, 0.15) is 18.5 Å². The molecule has 1 aromatic carbocycles. The van der Waals surface area contributed by atoms with E-state index >= 15 is 0 Å². The van der Waals surface area contributed by atoms with Crippen LogP contribution in [-0.2, 0) is 4.79 Å². The van der Waals surface area contributed by atoms with Crippen LogP contribution in [0.2, 0.25) is 0 Å². The first-order valence-corrected chi connectivity index (χ1v) is 10.7. The normalized spacial score (nSPS) is 20.9. The van der Waals surface area contributed by atoms with Crippen molar-refractivity contribution < 1.29 is 23.5 Å². The average molecular weight is 443 g/mol. The van der Waals surface area contributed by atoms with Crippen LogP contribution < -0.4 is 19.7 Å². The Morgan fingerprint density at radius 1 is 1.12 bits per heavy atom. The van der Waals surface area contributed by atoms with Crippen LogP contribution in [0.3, 0.4) is 0 Å². The summed E-state index contributed by atoms with van der Waals surface area (Å²) in [7, 11) is 1.52. The monoisotopic (exact) mass is 443 g/mol. The topological polar surface area (TPSA) is 96.9 Å². The maximum atomic E-state index is 14.0. The zero-order chi connectivity index (χ0) is 22.5. The molecule has 32 heavy (non-hydrogen) atoms. The molecule has 3 amide bonds. The second kappa shape index (κ2) is 9.80. The van der Waals surface area contributed by atoms with Crippen LogP contribution >= 0.6 is 0 Å². The van der Waals surface area contributed by atoms with Gasteiger partial charge in [-0.3, -0.25) is 9.69 Å². The third-order valence-corrected chi connectivity index (χ3v) is 5.72. The Balaban J connectivity index is 1.23. The van der Waals surface area contributed by atoms with Gasteiger partial charge in [-0.2, -0.15) is 0 Å². The van der Waals surface area contributed by atoms with Gasteiger partial charge in [0, 0.05) is 31.5 Å². The molecule has 0 spiro atoms. The van der Waals surface area contributed by atoms with E-state index < -0.39 is 5.82 Å². The van der Waals surface area contributed by atoms with E-state index in [4.69, 9.17) is 9.47 Å². The summed E-state index contributed by atoms with van der Waals surface area (Å²) in [6.07, 6.45) is 6.10. The van der Waals surface area contributed by atoms with Crippen LogP contribution in [0.1, 0.15) is 25.7 Å². The minimum Gasteiger partial charge on any atom is -0.477 e. The summed E-state index contributed by atoms with van der Waals surface area (Å²) >= 11 is 0. The highest BCUT2D eigenvalue weighted by Gasteiger charge is 2.33. The molecule has 1 aliphatic carbocycles. The molecule has 1 saturated heterocycles. The molecule has 2 fully saturated rings. The van der Waals surface area contributed by atoms with Crippen molar-refractivity contribution >= 4 is 17.6 Å². The van der Waals surface area contributed by atoms with E-state index in [0.29, 0.717) is 24.8 Å². The lowest BCUT2D eigenvalue weighted by Gasteiger charge is -2.29. The van der Waals surface area contributed by atoms with Crippen LogP contribution in [-0.4, -0.2) is 65.7 Å². The van der Waals surface area contributed by atoms with E-state index in [1.54, 1.807) is 30.6 Å².